The lowest BCUT2D eigenvalue weighted by Crippen LogP contribution is -2.32. The third-order valence-corrected chi connectivity index (χ3v) is 3.35. The van der Waals surface area contributed by atoms with Crippen LogP contribution >= 0.6 is 11.6 Å². The SMILES string of the molecule is CCC(CC)(Cc1ccnc(Cl)c1)C(=O)O. The maximum Gasteiger partial charge on any atom is 0.309 e. The molecule has 3 nitrogen and oxygen atoms in total. The Hall–Kier alpha value is -1.09. The van der Waals surface area contributed by atoms with E-state index in [2.05, 4.69) is 4.98 Å². The van der Waals surface area contributed by atoms with Crippen LogP contribution in [0.5, 0.6) is 0 Å². The molecule has 0 spiro atoms. The molecule has 16 heavy (non-hydrogen) atoms. The molecule has 0 aromatic carbocycles. The van der Waals surface area contributed by atoms with Crippen molar-refractivity contribution in [2.45, 2.75) is 33.1 Å². The monoisotopic (exact) mass is 241 g/mol. The second-order valence-electron chi connectivity index (χ2n) is 3.96. The van der Waals surface area contributed by atoms with Crippen LogP contribution in [0.1, 0.15) is 32.3 Å². The van der Waals surface area contributed by atoms with Gasteiger partial charge in [-0.3, -0.25) is 4.79 Å². The van der Waals surface area contributed by atoms with Gasteiger partial charge in [0.15, 0.2) is 0 Å². The summed E-state index contributed by atoms with van der Waals surface area (Å²) in [5, 5.41) is 9.71. The first-order valence-electron chi connectivity index (χ1n) is 5.38. The minimum atomic E-state index is -0.745. The molecule has 0 aliphatic carbocycles. The van der Waals surface area contributed by atoms with Gasteiger partial charge in [-0.25, -0.2) is 4.98 Å². The standard InChI is InChI=1S/C12H16ClNO2/c1-3-12(4-2,11(15)16)8-9-5-6-14-10(13)7-9/h5-7H,3-4,8H2,1-2H3,(H,15,16). The second kappa shape index (κ2) is 5.30. The highest BCUT2D eigenvalue weighted by Gasteiger charge is 2.34. The number of hydrogen-bond donors (Lipinski definition) is 1. The number of carboxylic acids is 1. The number of rotatable bonds is 5. The van der Waals surface area contributed by atoms with Gasteiger partial charge >= 0.3 is 5.97 Å². The minimum absolute atomic E-state index is 0.406. The fourth-order valence-corrected chi connectivity index (χ4v) is 2.02. The topological polar surface area (TPSA) is 50.2 Å². The van der Waals surface area contributed by atoms with Gasteiger partial charge in [-0.2, -0.15) is 0 Å². The molecule has 4 heteroatoms. The summed E-state index contributed by atoms with van der Waals surface area (Å²) in [6.45, 7) is 3.81. The van der Waals surface area contributed by atoms with Crippen LogP contribution in [0.4, 0.5) is 0 Å². The Kier molecular flexibility index (Phi) is 4.30. The van der Waals surface area contributed by atoms with Crippen LogP contribution in [0.15, 0.2) is 18.3 Å². The van der Waals surface area contributed by atoms with Gasteiger partial charge in [0.25, 0.3) is 0 Å². The van der Waals surface area contributed by atoms with Crippen molar-refractivity contribution in [1.82, 2.24) is 4.98 Å². The number of halogens is 1. The van der Waals surface area contributed by atoms with E-state index in [1.807, 2.05) is 19.9 Å². The van der Waals surface area contributed by atoms with Crippen LogP contribution in [0.25, 0.3) is 0 Å². The number of carbonyl (C=O) groups is 1. The van der Waals surface area contributed by atoms with Crippen molar-refractivity contribution >= 4 is 17.6 Å². The van der Waals surface area contributed by atoms with Crippen LogP contribution in [0, 0.1) is 5.41 Å². The predicted octanol–water partition coefficient (Wildman–Crippen LogP) is 3.17. The molecular weight excluding hydrogens is 226 g/mol. The highest BCUT2D eigenvalue weighted by atomic mass is 35.5. The normalized spacial score (nSPS) is 11.4. The molecule has 0 aliphatic heterocycles. The molecule has 0 unspecified atom stereocenters. The fourth-order valence-electron chi connectivity index (χ4n) is 1.82. The van der Waals surface area contributed by atoms with Crippen LogP contribution < -0.4 is 0 Å². The van der Waals surface area contributed by atoms with Gasteiger partial charge in [0.05, 0.1) is 5.41 Å². The highest BCUT2D eigenvalue weighted by molar-refractivity contribution is 6.29. The first kappa shape index (κ1) is 13.0. The Morgan fingerprint density at radius 3 is 2.56 bits per heavy atom. The van der Waals surface area contributed by atoms with Gasteiger partial charge in [0, 0.05) is 6.20 Å². The number of nitrogens with zero attached hydrogens (tertiary/aromatic N) is 1. The van der Waals surface area contributed by atoms with Crippen LogP contribution in [0.2, 0.25) is 5.15 Å². The van der Waals surface area contributed by atoms with E-state index in [4.69, 9.17) is 11.6 Å². The van der Waals surface area contributed by atoms with Gasteiger partial charge in [-0.05, 0) is 37.0 Å². The van der Waals surface area contributed by atoms with E-state index >= 15 is 0 Å². The molecule has 1 N–H and O–H groups in total. The second-order valence-corrected chi connectivity index (χ2v) is 4.34. The molecule has 0 saturated heterocycles. The Balaban J connectivity index is 2.96. The average Bonchev–Trinajstić information content (AvgIpc) is 2.25. The summed E-state index contributed by atoms with van der Waals surface area (Å²) in [6, 6.07) is 3.54. The van der Waals surface area contributed by atoms with Crippen LogP contribution in [-0.4, -0.2) is 16.1 Å². The average molecular weight is 242 g/mol. The summed E-state index contributed by atoms with van der Waals surface area (Å²) >= 11 is 5.78. The molecule has 0 fully saturated rings. The summed E-state index contributed by atoms with van der Waals surface area (Å²) < 4.78 is 0. The number of carboxylic acid groups (broad SMARTS) is 1. The Labute approximate surface area is 100 Å². The van der Waals surface area contributed by atoms with Crippen molar-refractivity contribution in [3.8, 4) is 0 Å². The van der Waals surface area contributed by atoms with Gasteiger partial charge in [-0.15, -0.1) is 0 Å². The zero-order valence-corrected chi connectivity index (χ0v) is 10.3. The first-order valence-corrected chi connectivity index (χ1v) is 5.75. The molecule has 0 atom stereocenters. The fraction of sp³-hybridized carbons (Fsp3) is 0.500. The molecule has 1 aromatic rings. The van der Waals surface area contributed by atoms with Gasteiger partial charge in [-0.1, -0.05) is 25.4 Å². The lowest BCUT2D eigenvalue weighted by atomic mass is 9.77. The zero-order chi connectivity index (χ0) is 12.2. The van der Waals surface area contributed by atoms with Crippen molar-refractivity contribution in [1.29, 1.82) is 0 Å². The highest BCUT2D eigenvalue weighted by Crippen LogP contribution is 2.31. The Morgan fingerprint density at radius 1 is 1.50 bits per heavy atom. The summed E-state index contributed by atoms with van der Waals surface area (Å²) in [7, 11) is 0. The molecule has 0 aliphatic rings. The maximum atomic E-state index is 11.3. The third kappa shape index (κ3) is 2.73. The van der Waals surface area contributed by atoms with E-state index < -0.39 is 11.4 Å². The summed E-state index contributed by atoms with van der Waals surface area (Å²) in [5.41, 5.74) is 0.233. The lowest BCUT2D eigenvalue weighted by Gasteiger charge is -2.26. The van der Waals surface area contributed by atoms with Gasteiger partial charge in [0.1, 0.15) is 5.15 Å². The van der Waals surface area contributed by atoms with E-state index in [9.17, 15) is 9.90 Å². The molecule has 0 bridgehead atoms. The zero-order valence-electron chi connectivity index (χ0n) is 9.53. The molecule has 1 rings (SSSR count). The van der Waals surface area contributed by atoms with Gasteiger partial charge < -0.3 is 5.11 Å². The summed E-state index contributed by atoms with van der Waals surface area (Å²) in [6.07, 6.45) is 3.32. The van der Waals surface area contributed by atoms with E-state index in [0.29, 0.717) is 24.4 Å². The van der Waals surface area contributed by atoms with Crippen molar-refractivity contribution < 1.29 is 9.90 Å². The summed E-state index contributed by atoms with van der Waals surface area (Å²) in [4.78, 5) is 15.2. The third-order valence-electron chi connectivity index (χ3n) is 3.14. The number of aromatic nitrogens is 1. The Bertz CT molecular complexity index is 375. The number of hydrogen-bond acceptors (Lipinski definition) is 2. The quantitative estimate of drug-likeness (QED) is 0.806. The molecule has 0 radical (unpaired) electrons. The van der Waals surface area contributed by atoms with E-state index in [-0.39, 0.29) is 0 Å². The smallest absolute Gasteiger partial charge is 0.309 e. The van der Waals surface area contributed by atoms with Crippen molar-refractivity contribution in [2.24, 2.45) is 5.41 Å². The molecular formula is C12H16ClNO2. The van der Waals surface area contributed by atoms with Crippen LogP contribution in [0.3, 0.4) is 0 Å². The molecule has 1 heterocycles. The molecule has 1 aromatic heterocycles. The minimum Gasteiger partial charge on any atom is -0.481 e. The number of aliphatic carboxylic acids is 1. The Morgan fingerprint density at radius 2 is 2.12 bits per heavy atom. The predicted molar refractivity (Wildman–Crippen MR) is 63.6 cm³/mol. The molecule has 0 amide bonds. The number of pyridine rings is 1. The van der Waals surface area contributed by atoms with Gasteiger partial charge in [0.2, 0.25) is 0 Å². The van der Waals surface area contributed by atoms with Crippen molar-refractivity contribution in [2.75, 3.05) is 0 Å². The van der Waals surface area contributed by atoms with E-state index in [1.165, 1.54) is 0 Å². The van der Waals surface area contributed by atoms with Crippen LogP contribution in [-0.2, 0) is 11.2 Å². The van der Waals surface area contributed by atoms with E-state index in [0.717, 1.165) is 5.56 Å². The van der Waals surface area contributed by atoms with E-state index in [1.54, 1.807) is 12.3 Å². The van der Waals surface area contributed by atoms with Crippen molar-refractivity contribution in [3.63, 3.8) is 0 Å². The largest absolute Gasteiger partial charge is 0.481 e. The molecule has 88 valence electrons. The molecule has 0 saturated carbocycles. The lowest BCUT2D eigenvalue weighted by molar-refractivity contribution is -0.149. The van der Waals surface area contributed by atoms with Crippen molar-refractivity contribution in [3.05, 3.63) is 29.0 Å². The first-order chi connectivity index (χ1) is 7.54. The maximum absolute atomic E-state index is 11.3. The summed E-state index contributed by atoms with van der Waals surface area (Å²) in [5.74, 6) is -0.745.